The summed E-state index contributed by atoms with van der Waals surface area (Å²) in [5.74, 6) is -0.307. The second-order valence-corrected chi connectivity index (χ2v) is 4.68. The molecule has 0 aliphatic rings. The first-order valence-corrected chi connectivity index (χ1v) is 6.90. The molecule has 1 aromatic carbocycles. The zero-order valence-corrected chi connectivity index (χ0v) is 12.2. The van der Waals surface area contributed by atoms with Crippen molar-refractivity contribution in [3.05, 3.63) is 48.2 Å². The molecular formula is C16H23NO3. The Morgan fingerprint density at radius 3 is 2.75 bits per heavy atom. The van der Waals surface area contributed by atoms with Gasteiger partial charge in [-0.2, -0.15) is 0 Å². The van der Waals surface area contributed by atoms with Gasteiger partial charge < -0.3 is 14.7 Å². The van der Waals surface area contributed by atoms with Crippen molar-refractivity contribution < 1.29 is 14.6 Å². The van der Waals surface area contributed by atoms with Crippen LogP contribution in [0.15, 0.2) is 42.7 Å². The summed E-state index contributed by atoms with van der Waals surface area (Å²) in [6.07, 6.45) is 3.55. The minimum absolute atomic E-state index is 0.307. The molecular weight excluding hydrogens is 254 g/mol. The van der Waals surface area contributed by atoms with Crippen LogP contribution in [0.1, 0.15) is 25.3 Å². The molecule has 0 aliphatic heterocycles. The van der Waals surface area contributed by atoms with Crippen molar-refractivity contribution in [2.45, 2.75) is 32.5 Å². The molecule has 1 atom stereocenters. The number of carbonyl (C=O) groups excluding carboxylic acids is 1. The minimum atomic E-state index is -1.15. The van der Waals surface area contributed by atoms with Gasteiger partial charge in [0.05, 0.1) is 6.26 Å². The van der Waals surface area contributed by atoms with Crippen LogP contribution >= 0.6 is 0 Å². The fourth-order valence-electron chi connectivity index (χ4n) is 1.66. The summed E-state index contributed by atoms with van der Waals surface area (Å²) in [4.78, 5) is 13.3. The third kappa shape index (κ3) is 5.89. The molecule has 0 aliphatic carbocycles. The maximum absolute atomic E-state index is 11.8. The molecule has 0 saturated heterocycles. The van der Waals surface area contributed by atoms with Gasteiger partial charge in [0.2, 0.25) is 0 Å². The summed E-state index contributed by atoms with van der Waals surface area (Å²) < 4.78 is 5.29. The third-order valence-electron chi connectivity index (χ3n) is 2.93. The molecule has 0 fully saturated rings. The second kappa shape index (κ2) is 9.15. The molecule has 0 spiro atoms. The van der Waals surface area contributed by atoms with Crippen LogP contribution in [0, 0.1) is 0 Å². The van der Waals surface area contributed by atoms with E-state index in [-0.39, 0.29) is 5.91 Å². The predicted molar refractivity (Wildman–Crippen MR) is 78.9 cm³/mol. The van der Waals surface area contributed by atoms with E-state index in [9.17, 15) is 9.90 Å². The van der Waals surface area contributed by atoms with E-state index >= 15 is 0 Å². The number of amides is 1. The highest BCUT2D eigenvalue weighted by atomic mass is 16.5. The Kier molecular flexibility index (Phi) is 7.43. The number of hydrogen-bond acceptors (Lipinski definition) is 3. The summed E-state index contributed by atoms with van der Waals surface area (Å²) in [5, 5.41) is 9.73. The Hall–Kier alpha value is -1.81. The normalized spacial score (nSPS) is 12.3. The average Bonchev–Trinajstić information content (AvgIpc) is 2.49. The van der Waals surface area contributed by atoms with Crippen molar-refractivity contribution in [1.82, 2.24) is 4.90 Å². The van der Waals surface area contributed by atoms with Crippen LogP contribution in [0.5, 0.6) is 0 Å². The molecule has 1 amide bonds. The van der Waals surface area contributed by atoms with Crippen LogP contribution in [0.3, 0.4) is 0 Å². The van der Waals surface area contributed by atoms with E-state index in [0.717, 1.165) is 18.4 Å². The highest BCUT2D eigenvalue weighted by Gasteiger charge is 2.15. The lowest BCUT2D eigenvalue weighted by Gasteiger charge is -2.18. The van der Waals surface area contributed by atoms with Crippen LogP contribution in [0.4, 0.5) is 0 Å². The SMILES string of the molecule is CCCCN(C)C(=O)C(O)/C=C/OCc1ccccc1. The van der Waals surface area contributed by atoms with Crippen molar-refractivity contribution in [1.29, 1.82) is 0 Å². The van der Waals surface area contributed by atoms with Crippen LogP contribution in [0.25, 0.3) is 0 Å². The van der Waals surface area contributed by atoms with Crippen LogP contribution < -0.4 is 0 Å². The van der Waals surface area contributed by atoms with Gasteiger partial charge in [0.25, 0.3) is 5.91 Å². The first kappa shape index (κ1) is 16.2. The number of unbranched alkanes of at least 4 members (excludes halogenated alkanes) is 1. The van der Waals surface area contributed by atoms with E-state index in [1.807, 2.05) is 30.3 Å². The van der Waals surface area contributed by atoms with Crippen molar-refractivity contribution in [3.8, 4) is 0 Å². The first-order valence-electron chi connectivity index (χ1n) is 6.90. The minimum Gasteiger partial charge on any atom is -0.497 e. The predicted octanol–water partition coefficient (Wildman–Crippen LogP) is 2.34. The fourth-order valence-corrected chi connectivity index (χ4v) is 1.66. The lowest BCUT2D eigenvalue weighted by molar-refractivity contribution is -0.136. The summed E-state index contributed by atoms with van der Waals surface area (Å²) in [5.41, 5.74) is 1.04. The molecule has 1 rings (SSSR count). The summed E-state index contributed by atoms with van der Waals surface area (Å²) in [6.45, 7) is 3.14. The number of rotatable bonds is 8. The summed E-state index contributed by atoms with van der Waals surface area (Å²) in [7, 11) is 1.69. The molecule has 0 saturated carbocycles. The zero-order chi connectivity index (χ0) is 14.8. The van der Waals surface area contributed by atoms with Crippen molar-refractivity contribution >= 4 is 5.91 Å². The molecule has 1 aromatic rings. The Labute approximate surface area is 120 Å². The number of likely N-dealkylation sites (N-methyl/N-ethyl adjacent to an activating group) is 1. The molecule has 20 heavy (non-hydrogen) atoms. The third-order valence-corrected chi connectivity index (χ3v) is 2.93. The molecule has 1 unspecified atom stereocenters. The van der Waals surface area contributed by atoms with E-state index in [0.29, 0.717) is 13.2 Å². The molecule has 0 aromatic heterocycles. The van der Waals surface area contributed by atoms with Gasteiger partial charge in [-0.05, 0) is 18.1 Å². The second-order valence-electron chi connectivity index (χ2n) is 4.68. The van der Waals surface area contributed by atoms with E-state index in [1.54, 1.807) is 7.05 Å². The van der Waals surface area contributed by atoms with Gasteiger partial charge in [-0.15, -0.1) is 0 Å². The van der Waals surface area contributed by atoms with Crippen LogP contribution in [-0.2, 0) is 16.1 Å². The number of ether oxygens (including phenoxy) is 1. The number of nitrogens with zero attached hydrogens (tertiary/aromatic N) is 1. The highest BCUT2D eigenvalue weighted by molar-refractivity contribution is 5.82. The smallest absolute Gasteiger partial charge is 0.255 e. The van der Waals surface area contributed by atoms with Gasteiger partial charge in [0.15, 0.2) is 6.10 Å². The largest absolute Gasteiger partial charge is 0.497 e. The van der Waals surface area contributed by atoms with Gasteiger partial charge in [-0.25, -0.2) is 0 Å². The Morgan fingerprint density at radius 2 is 2.10 bits per heavy atom. The molecule has 1 N–H and O–H groups in total. The topological polar surface area (TPSA) is 49.8 Å². The van der Waals surface area contributed by atoms with E-state index in [2.05, 4.69) is 6.92 Å². The lowest BCUT2D eigenvalue weighted by Crippen LogP contribution is -2.35. The summed E-state index contributed by atoms with van der Waals surface area (Å²) >= 11 is 0. The molecule has 0 heterocycles. The Morgan fingerprint density at radius 1 is 1.40 bits per heavy atom. The molecule has 0 bridgehead atoms. The van der Waals surface area contributed by atoms with Gasteiger partial charge in [-0.1, -0.05) is 43.7 Å². The number of carbonyl (C=O) groups is 1. The number of benzene rings is 1. The maximum atomic E-state index is 11.8. The molecule has 0 radical (unpaired) electrons. The first-order chi connectivity index (χ1) is 9.65. The van der Waals surface area contributed by atoms with E-state index in [4.69, 9.17) is 4.74 Å². The van der Waals surface area contributed by atoms with E-state index < -0.39 is 6.10 Å². The molecule has 110 valence electrons. The van der Waals surface area contributed by atoms with Crippen LogP contribution in [0.2, 0.25) is 0 Å². The van der Waals surface area contributed by atoms with Crippen molar-refractivity contribution in [3.63, 3.8) is 0 Å². The van der Waals surface area contributed by atoms with Gasteiger partial charge in [0.1, 0.15) is 6.61 Å². The highest BCUT2D eigenvalue weighted by Crippen LogP contribution is 2.02. The van der Waals surface area contributed by atoms with E-state index in [1.165, 1.54) is 17.2 Å². The monoisotopic (exact) mass is 277 g/mol. The van der Waals surface area contributed by atoms with Crippen LogP contribution in [-0.4, -0.2) is 35.6 Å². The quantitative estimate of drug-likeness (QED) is 0.742. The van der Waals surface area contributed by atoms with Gasteiger partial charge in [-0.3, -0.25) is 4.79 Å². The van der Waals surface area contributed by atoms with Crippen molar-refractivity contribution in [2.24, 2.45) is 0 Å². The lowest BCUT2D eigenvalue weighted by atomic mass is 10.2. The van der Waals surface area contributed by atoms with Crippen molar-refractivity contribution in [2.75, 3.05) is 13.6 Å². The number of hydrogen-bond donors (Lipinski definition) is 1. The fraction of sp³-hybridized carbons (Fsp3) is 0.438. The number of aliphatic hydroxyl groups is 1. The average molecular weight is 277 g/mol. The van der Waals surface area contributed by atoms with Gasteiger partial charge in [0, 0.05) is 13.6 Å². The molecule has 4 heteroatoms. The number of aliphatic hydroxyl groups excluding tert-OH is 1. The standard InChI is InChI=1S/C16H23NO3/c1-3-4-11-17(2)16(19)15(18)10-12-20-13-14-8-6-5-7-9-14/h5-10,12,15,18H,3-4,11,13H2,1-2H3/b12-10+. The zero-order valence-electron chi connectivity index (χ0n) is 12.2. The summed E-state index contributed by atoms with van der Waals surface area (Å²) in [6, 6.07) is 9.71. The Balaban J connectivity index is 2.32. The molecule has 4 nitrogen and oxygen atoms in total. The Bertz CT molecular complexity index is 417. The maximum Gasteiger partial charge on any atom is 0.255 e. The van der Waals surface area contributed by atoms with Gasteiger partial charge >= 0.3 is 0 Å².